The maximum Gasteiger partial charge on any atom is 0.383 e. The van der Waals surface area contributed by atoms with Crippen molar-refractivity contribution in [1.29, 1.82) is 0 Å². The van der Waals surface area contributed by atoms with E-state index >= 15 is 0 Å². The Morgan fingerprint density at radius 3 is 2.14 bits per heavy atom. The summed E-state index contributed by atoms with van der Waals surface area (Å²) in [7, 11) is 0.988. The zero-order valence-corrected chi connectivity index (χ0v) is 24.0. The van der Waals surface area contributed by atoms with Gasteiger partial charge in [-0.3, -0.25) is 29.3 Å². The van der Waals surface area contributed by atoms with E-state index in [1.54, 1.807) is 0 Å². The lowest BCUT2D eigenvalue weighted by atomic mass is 9.86. The Bertz CT molecular complexity index is 1300. The van der Waals surface area contributed by atoms with Crippen LogP contribution in [0.15, 0.2) is 29.3 Å². The van der Waals surface area contributed by atoms with Gasteiger partial charge in [0.25, 0.3) is 5.69 Å². The molecule has 234 valence electrons. The van der Waals surface area contributed by atoms with E-state index < -0.39 is 83.7 Å². The number of esters is 5. The molecule has 0 unspecified atom stereocenters. The fourth-order valence-corrected chi connectivity index (χ4v) is 4.62. The Labute approximate surface area is 244 Å². The van der Waals surface area contributed by atoms with Crippen molar-refractivity contribution >= 4 is 41.4 Å². The maximum absolute atomic E-state index is 13.6. The Morgan fingerprint density at radius 2 is 1.63 bits per heavy atom. The van der Waals surface area contributed by atoms with Gasteiger partial charge in [-0.05, 0) is 12.1 Å². The number of carbonyl (C=O) groups excluding carboxylic acids is 5. The third-order valence-corrected chi connectivity index (χ3v) is 6.14. The largest absolute Gasteiger partial charge is 0.471 e. The summed E-state index contributed by atoms with van der Waals surface area (Å²) in [5, 5.41) is 11.2. The molecular formula is C26H30N2O15. The molecule has 2 heterocycles. The van der Waals surface area contributed by atoms with Gasteiger partial charge < -0.3 is 37.9 Å². The molecule has 1 saturated heterocycles. The second kappa shape index (κ2) is 13.5. The van der Waals surface area contributed by atoms with Crippen molar-refractivity contribution in [2.45, 2.75) is 77.0 Å². The highest BCUT2D eigenvalue weighted by Gasteiger charge is 2.69. The number of nitro groups is 1. The minimum Gasteiger partial charge on any atom is -0.471 e. The molecule has 1 aromatic carbocycles. The van der Waals surface area contributed by atoms with Crippen LogP contribution < -0.4 is 4.74 Å². The van der Waals surface area contributed by atoms with Crippen molar-refractivity contribution < 1.29 is 66.8 Å². The third-order valence-electron chi connectivity index (χ3n) is 6.14. The highest BCUT2D eigenvalue weighted by Crippen LogP contribution is 2.42. The second-order valence-corrected chi connectivity index (χ2v) is 9.37. The first kappa shape index (κ1) is 32.7. The SMILES string of the molecule is COC(=O)[C@]1(Oc2ccc([N+](=O)[O-])cc2)O[C@@H]([C@H](OC(C)=O)[C@@H](COC(C)=O)OC(C)=O)[C@@H]2N=C(C)O[C@@H]2[C@H]1OC(C)=O. The molecule has 2 aliphatic rings. The standard InChI is InChI=1S/C26H30N2O15/c1-12-27-20-22(21(40-15(4)31)19(39-14(3)30)11-37-13(2)29)43-26(25(33)36-6,24(23(20)38-12)41-16(5)32)42-18-9-7-17(8-10-18)28(34)35/h7-10,19-24H,11H2,1-6H3/t19-,20+,21-,22-,23+,24-,26-/m1/s1. The predicted octanol–water partition coefficient (Wildman–Crippen LogP) is 0.786. The van der Waals surface area contributed by atoms with Crippen LogP contribution in [0.3, 0.4) is 0 Å². The van der Waals surface area contributed by atoms with Crippen LogP contribution in [0, 0.1) is 10.1 Å². The summed E-state index contributed by atoms with van der Waals surface area (Å²) < 4.78 is 44.3. The highest BCUT2D eigenvalue weighted by atomic mass is 16.8. The number of benzene rings is 1. The second-order valence-electron chi connectivity index (χ2n) is 9.37. The number of hydrogen-bond donors (Lipinski definition) is 0. The molecule has 0 radical (unpaired) electrons. The summed E-state index contributed by atoms with van der Waals surface area (Å²) in [4.78, 5) is 76.6. The summed E-state index contributed by atoms with van der Waals surface area (Å²) >= 11 is 0. The Balaban J connectivity index is 2.22. The van der Waals surface area contributed by atoms with Gasteiger partial charge in [-0.25, -0.2) is 9.79 Å². The van der Waals surface area contributed by atoms with Gasteiger partial charge in [0, 0.05) is 46.8 Å². The average molecular weight is 611 g/mol. The van der Waals surface area contributed by atoms with Crippen LogP contribution in [-0.2, 0) is 57.1 Å². The maximum atomic E-state index is 13.6. The van der Waals surface area contributed by atoms with E-state index in [4.69, 9.17) is 37.9 Å². The molecule has 0 spiro atoms. The number of methoxy groups -OCH3 is 1. The van der Waals surface area contributed by atoms with Gasteiger partial charge in [-0.15, -0.1) is 0 Å². The fraction of sp³-hybridized carbons (Fsp3) is 0.538. The van der Waals surface area contributed by atoms with Crippen molar-refractivity contribution in [3.05, 3.63) is 34.4 Å². The van der Waals surface area contributed by atoms with Gasteiger partial charge in [0.15, 0.2) is 24.2 Å². The predicted molar refractivity (Wildman–Crippen MR) is 138 cm³/mol. The van der Waals surface area contributed by atoms with E-state index in [0.29, 0.717) is 0 Å². The number of hydrogen-bond acceptors (Lipinski definition) is 16. The van der Waals surface area contributed by atoms with E-state index in [1.807, 2.05) is 0 Å². The molecule has 0 bridgehead atoms. The molecule has 0 aromatic heterocycles. The first-order valence-electron chi connectivity index (χ1n) is 12.7. The summed E-state index contributed by atoms with van der Waals surface area (Å²) in [6.45, 7) is 5.11. The topological polar surface area (TPSA) is 215 Å². The van der Waals surface area contributed by atoms with Crippen LogP contribution >= 0.6 is 0 Å². The quantitative estimate of drug-likeness (QED) is 0.146. The Hall–Kier alpha value is -4.80. The molecule has 0 N–H and O–H groups in total. The molecule has 17 heteroatoms. The molecule has 3 rings (SSSR count). The molecule has 0 amide bonds. The lowest BCUT2D eigenvalue weighted by Gasteiger charge is -2.48. The summed E-state index contributed by atoms with van der Waals surface area (Å²) in [6, 6.07) is 3.30. The van der Waals surface area contributed by atoms with E-state index in [-0.39, 0.29) is 17.3 Å². The highest BCUT2D eigenvalue weighted by molar-refractivity contribution is 5.82. The molecule has 0 saturated carbocycles. The average Bonchev–Trinajstić information content (AvgIpc) is 3.31. The Kier molecular flexibility index (Phi) is 10.2. The van der Waals surface area contributed by atoms with Gasteiger partial charge in [0.05, 0.1) is 12.0 Å². The van der Waals surface area contributed by atoms with E-state index in [1.165, 1.54) is 6.92 Å². The van der Waals surface area contributed by atoms with Crippen molar-refractivity contribution in [3.63, 3.8) is 0 Å². The van der Waals surface area contributed by atoms with Crippen molar-refractivity contribution in [3.8, 4) is 5.75 Å². The Morgan fingerprint density at radius 1 is 1.00 bits per heavy atom. The lowest BCUT2D eigenvalue weighted by molar-refractivity contribution is -0.384. The molecule has 1 aromatic rings. The van der Waals surface area contributed by atoms with Crippen LogP contribution in [0.25, 0.3) is 0 Å². The smallest absolute Gasteiger partial charge is 0.383 e. The van der Waals surface area contributed by atoms with Gasteiger partial charge in [0.1, 0.15) is 24.5 Å². The van der Waals surface area contributed by atoms with E-state index in [0.717, 1.165) is 59.1 Å². The van der Waals surface area contributed by atoms with Crippen LogP contribution in [-0.4, -0.2) is 96.7 Å². The molecule has 43 heavy (non-hydrogen) atoms. The van der Waals surface area contributed by atoms with Gasteiger partial charge in [-0.1, -0.05) is 0 Å². The summed E-state index contributed by atoms with van der Waals surface area (Å²) in [6.07, 6.45) is -7.71. The molecule has 2 aliphatic heterocycles. The molecule has 17 nitrogen and oxygen atoms in total. The molecule has 1 fully saturated rings. The normalized spacial score (nSPS) is 25.4. The number of carbonyl (C=O) groups is 5. The summed E-state index contributed by atoms with van der Waals surface area (Å²) in [5.74, 6) is -7.43. The number of non-ortho nitro benzene ring substituents is 1. The van der Waals surface area contributed by atoms with Gasteiger partial charge >= 0.3 is 35.6 Å². The van der Waals surface area contributed by atoms with Crippen LogP contribution in [0.1, 0.15) is 34.6 Å². The number of rotatable bonds is 11. The lowest BCUT2D eigenvalue weighted by Crippen LogP contribution is -2.73. The number of nitro benzene ring substituents is 1. The number of ether oxygens (including phenoxy) is 8. The monoisotopic (exact) mass is 610 g/mol. The van der Waals surface area contributed by atoms with E-state index in [9.17, 15) is 34.1 Å². The van der Waals surface area contributed by atoms with Crippen molar-refractivity contribution in [1.82, 2.24) is 0 Å². The first-order valence-corrected chi connectivity index (χ1v) is 12.7. The van der Waals surface area contributed by atoms with E-state index in [2.05, 4.69) is 4.99 Å². The third kappa shape index (κ3) is 7.54. The minimum absolute atomic E-state index is 0.0577. The van der Waals surface area contributed by atoms with Crippen molar-refractivity contribution in [2.75, 3.05) is 13.7 Å². The van der Waals surface area contributed by atoms with Crippen molar-refractivity contribution in [2.24, 2.45) is 4.99 Å². The van der Waals surface area contributed by atoms with Gasteiger partial charge in [-0.2, -0.15) is 0 Å². The first-order chi connectivity index (χ1) is 20.2. The van der Waals surface area contributed by atoms with Gasteiger partial charge in [0.2, 0.25) is 6.10 Å². The van der Waals surface area contributed by atoms with Crippen LogP contribution in [0.2, 0.25) is 0 Å². The number of fused-ring (bicyclic) bond motifs is 1. The summed E-state index contributed by atoms with van der Waals surface area (Å²) in [5.41, 5.74) is -0.300. The number of aliphatic imine (C=N–C) groups is 1. The zero-order valence-electron chi connectivity index (χ0n) is 24.0. The minimum atomic E-state index is -2.71. The van der Waals surface area contributed by atoms with Crippen LogP contribution in [0.4, 0.5) is 5.69 Å². The fourth-order valence-electron chi connectivity index (χ4n) is 4.62. The zero-order chi connectivity index (χ0) is 32.1. The molecular weight excluding hydrogens is 580 g/mol. The number of nitrogens with zero attached hydrogens (tertiary/aromatic N) is 2. The molecule has 7 atom stereocenters. The molecule has 0 aliphatic carbocycles. The van der Waals surface area contributed by atoms with Crippen LogP contribution in [0.5, 0.6) is 5.75 Å².